The van der Waals surface area contributed by atoms with Crippen LogP contribution in [0.5, 0.6) is 11.5 Å². The largest absolute Gasteiger partial charge is 0.497 e. The van der Waals surface area contributed by atoms with Gasteiger partial charge in [-0.15, -0.1) is 0 Å². The van der Waals surface area contributed by atoms with Gasteiger partial charge in [-0.2, -0.15) is 18.3 Å². The maximum absolute atomic E-state index is 13.5. The number of aromatic nitrogens is 2. The van der Waals surface area contributed by atoms with Crippen LogP contribution in [0.25, 0.3) is 0 Å². The van der Waals surface area contributed by atoms with Crippen molar-refractivity contribution >= 4 is 5.69 Å². The molecule has 0 amide bonds. The lowest BCUT2D eigenvalue weighted by Crippen LogP contribution is -2.18. The van der Waals surface area contributed by atoms with Crippen molar-refractivity contribution in [3.05, 3.63) is 71.5 Å². The first-order chi connectivity index (χ1) is 12.9. The Labute approximate surface area is 154 Å². The average molecular weight is 377 g/mol. The molecular formula is C19H18F3N3O2. The van der Waals surface area contributed by atoms with Crippen LogP contribution < -0.4 is 14.8 Å². The Kier molecular flexibility index (Phi) is 5.25. The van der Waals surface area contributed by atoms with Crippen LogP contribution in [0.15, 0.2) is 54.9 Å². The van der Waals surface area contributed by atoms with E-state index in [2.05, 4.69) is 15.5 Å². The number of hydrogen-bond donors (Lipinski definition) is 2. The summed E-state index contributed by atoms with van der Waals surface area (Å²) < 4.78 is 51.1. The Morgan fingerprint density at radius 1 is 1.07 bits per heavy atom. The SMILES string of the molecule is COc1ccc(NC(c2cn[nH]c2)c2ccccc2C(F)(F)F)c(OC)c1. The molecule has 2 N–H and O–H groups in total. The van der Waals surface area contributed by atoms with Gasteiger partial charge in [-0.3, -0.25) is 5.10 Å². The summed E-state index contributed by atoms with van der Waals surface area (Å²) in [5.41, 5.74) is 0.464. The van der Waals surface area contributed by atoms with Crippen LogP contribution in [0.1, 0.15) is 22.7 Å². The number of nitrogens with zero attached hydrogens (tertiary/aromatic N) is 1. The molecule has 2 aromatic carbocycles. The molecule has 27 heavy (non-hydrogen) atoms. The number of aromatic amines is 1. The normalized spacial score (nSPS) is 12.5. The summed E-state index contributed by atoms with van der Waals surface area (Å²) in [7, 11) is 3.01. The molecule has 1 aromatic heterocycles. The van der Waals surface area contributed by atoms with Crippen LogP contribution in [0.3, 0.4) is 0 Å². The smallest absolute Gasteiger partial charge is 0.416 e. The van der Waals surface area contributed by atoms with Crippen molar-refractivity contribution in [2.45, 2.75) is 12.2 Å². The Morgan fingerprint density at radius 3 is 2.48 bits per heavy atom. The van der Waals surface area contributed by atoms with E-state index in [1.807, 2.05) is 0 Å². The van der Waals surface area contributed by atoms with E-state index in [9.17, 15) is 13.2 Å². The Balaban J connectivity index is 2.08. The minimum atomic E-state index is -4.48. The van der Waals surface area contributed by atoms with Crippen LogP contribution in [-0.4, -0.2) is 24.4 Å². The summed E-state index contributed by atoms with van der Waals surface area (Å²) in [5.74, 6) is 1.03. The molecule has 0 bridgehead atoms. The van der Waals surface area contributed by atoms with E-state index in [0.717, 1.165) is 6.07 Å². The summed E-state index contributed by atoms with van der Waals surface area (Å²) in [6.07, 6.45) is -1.44. The molecular weight excluding hydrogens is 359 g/mol. The highest BCUT2D eigenvalue weighted by atomic mass is 19.4. The second-order valence-corrected chi connectivity index (χ2v) is 5.76. The Bertz CT molecular complexity index is 895. The number of benzene rings is 2. The van der Waals surface area contributed by atoms with E-state index in [1.165, 1.54) is 32.5 Å². The standard InChI is InChI=1S/C19H18F3N3O2/c1-26-13-7-8-16(17(9-13)27-2)25-18(12-10-23-24-11-12)14-5-3-4-6-15(14)19(20,21)22/h3-11,18,25H,1-2H3,(H,23,24). The van der Waals surface area contributed by atoms with Gasteiger partial charge in [0.2, 0.25) is 0 Å². The van der Waals surface area contributed by atoms with Crippen LogP contribution in [0.2, 0.25) is 0 Å². The summed E-state index contributed by atoms with van der Waals surface area (Å²) in [6.45, 7) is 0. The van der Waals surface area contributed by atoms with Gasteiger partial charge in [0, 0.05) is 17.8 Å². The number of H-pyrrole nitrogens is 1. The molecule has 0 radical (unpaired) electrons. The van der Waals surface area contributed by atoms with Gasteiger partial charge in [-0.25, -0.2) is 0 Å². The fourth-order valence-corrected chi connectivity index (χ4v) is 2.84. The third-order valence-electron chi connectivity index (χ3n) is 4.14. The molecule has 3 rings (SSSR count). The number of hydrogen-bond acceptors (Lipinski definition) is 4. The first-order valence-corrected chi connectivity index (χ1v) is 8.07. The monoisotopic (exact) mass is 377 g/mol. The molecule has 1 atom stereocenters. The molecule has 142 valence electrons. The third-order valence-corrected chi connectivity index (χ3v) is 4.14. The van der Waals surface area contributed by atoms with Crippen LogP contribution in [-0.2, 0) is 6.18 Å². The van der Waals surface area contributed by atoms with E-state index in [1.54, 1.807) is 30.5 Å². The number of methoxy groups -OCH3 is 2. The Morgan fingerprint density at radius 2 is 1.85 bits per heavy atom. The third kappa shape index (κ3) is 3.99. The average Bonchev–Trinajstić information content (AvgIpc) is 3.20. The molecule has 0 saturated heterocycles. The zero-order valence-corrected chi connectivity index (χ0v) is 14.7. The van der Waals surface area contributed by atoms with Crippen molar-refractivity contribution < 1.29 is 22.6 Å². The van der Waals surface area contributed by atoms with E-state index >= 15 is 0 Å². The number of halogens is 3. The maximum Gasteiger partial charge on any atom is 0.416 e. The van der Waals surface area contributed by atoms with E-state index in [-0.39, 0.29) is 5.56 Å². The number of rotatable bonds is 6. The van der Waals surface area contributed by atoms with Gasteiger partial charge >= 0.3 is 6.18 Å². The lowest BCUT2D eigenvalue weighted by molar-refractivity contribution is -0.138. The summed E-state index contributed by atoms with van der Waals surface area (Å²) in [4.78, 5) is 0. The second-order valence-electron chi connectivity index (χ2n) is 5.76. The summed E-state index contributed by atoms with van der Waals surface area (Å²) in [5, 5.41) is 9.66. The van der Waals surface area contributed by atoms with Crippen molar-refractivity contribution in [1.82, 2.24) is 10.2 Å². The van der Waals surface area contributed by atoms with E-state index in [4.69, 9.17) is 9.47 Å². The molecule has 0 fully saturated rings. The van der Waals surface area contributed by atoms with Crippen molar-refractivity contribution in [3.63, 3.8) is 0 Å². The summed E-state index contributed by atoms with van der Waals surface area (Å²) >= 11 is 0. The van der Waals surface area contributed by atoms with Crippen LogP contribution in [0, 0.1) is 0 Å². The zero-order chi connectivity index (χ0) is 19.4. The first kappa shape index (κ1) is 18.6. The van der Waals surface area contributed by atoms with Gasteiger partial charge in [-0.05, 0) is 23.8 Å². The van der Waals surface area contributed by atoms with Crippen molar-refractivity contribution in [2.75, 3.05) is 19.5 Å². The second kappa shape index (κ2) is 7.61. The molecule has 0 spiro atoms. The van der Waals surface area contributed by atoms with Crippen molar-refractivity contribution in [2.24, 2.45) is 0 Å². The minimum absolute atomic E-state index is 0.0873. The molecule has 1 unspecified atom stereocenters. The molecule has 3 aromatic rings. The number of ether oxygens (including phenoxy) is 2. The lowest BCUT2D eigenvalue weighted by atomic mass is 9.95. The highest BCUT2D eigenvalue weighted by Gasteiger charge is 2.35. The molecule has 0 aliphatic heterocycles. The molecule has 1 heterocycles. The van der Waals surface area contributed by atoms with Gasteiger partial charge in [0.05, 0.1) is 37.7 Å². The van der Waals surface area contributed by atoms with E-state index < -0.39 is 17.8 Å². The topological polar surface area (TPSA) is 59.2 Å². The van der Waals surface area contributed by atoms with Gasteiger partial charge in [0.1, 0.15) is 11.5 Å². The lowest BCUT2D eigenvalue weighted by Gasteiger charge is -2.24. The fourth-order valence-electron chi connectivity index (χ4n) is 2.84. The molecule has 8 heteroatoms. The zero-order valence-electron chi connectivity index (χ0n) is 14.7. The quantitative estimate of drug-likeness (QED) is 0.657. The Hall–Kier alpha value is -3.16. The molecule has 0 aliphatic carbocycles. The highest BCUT2D eigenvalue weighted by molar-refractivity contribution is 5.61. The molecule has 0 aliphatic rings. The van der Waals surface area contributed by atoms with Gasteiger partial charge < -0.3 is 14.8 Å². The number of alkyl halides is 3. The highest BCUT2D eigenvalue weighted by Crippen LogP contribution is 2.39. The number of nitrogens with one attached hydrogen (secondary N) is 2. The predicted octanol–water partition coefficient (Wildman–Crippen LogP) is 4.65. The maximum atomic E-state index is 13.5. The predicted molar refractivity (Wildman–Crippen MR) is 95.0 cm³/mol. The van der Waals surface area contributed by atoms with Crippen molar-refractivity contribution in [3.8, 4) is 11.5 Å². The van der Waals surface area contributed by atoms with Gasteiger partial charge in [0.15, 0.2) is 0 Å². The molecule has 0 saturated carbocycles. The van der Waals surface area contributed by atoms with Gasteiger partial charge in [0.25, 0.3) is 0 Å². The van der Waals surface area contributed by atoms with Crippen molar-refractivity contribution in [1.29, 1.82) is 0 Å². The molecule has 5 nitrogen and oxygen atoms in total. The van der Waals surface area contributed by atoms with E-state index in [0.29, 0.717) is 22.7 Å². The fraction of sp³-hybridized carbons (Fsp3) is 0.211. The van der Waals surface area contributed by atoms with Crippen LogP contribution in [0.4, 0.5) is 18.9 Å². The number of anilines is 1. The minimum Gasteiger partial charge on any atom is -0.497 e. The first-order valence-electron chi connectivity index (χ1n) is 8.07. The van der Waals surface area contributed by atoms with Crippen LogP contribution >= 0.6 is 0 Å². The van der Waals surface area contributed by atoms with Gasteiger partial charge in [-0.1, -0.05) is 18.2 Å². The summed E-state index contributed by atoms with van der Waals surface area (Å²) in [6, 6.07) is 9.72.